The van der Waals surface area contributed by atoms with Crippen LogP contribution in [-0.4, -0.2) is 47.9 Å². The van der Waals surface area contributed by atoms with Crippen molar-refractivity contribution < 1.29 is 4.74 Å². The highest BCUT2D eigenvalue weighted by Crippen LogP contribution is 2.19. The second-order valence-corrected chi connectivity index (χ2v) is 6.00. The molecule has 1 saturated heterocycles. The molecule has 1 fully saturated rings. The molecule has 0 aromatic carbocycles. The fraction of sp³-hybridized carbons (Fsp3) is 0.812. The average Bonchev–Trinajstić information content (AvgIpc) is 2.86. The Morgan fingerprint density at radius 1 is 1.29 bits per heavy atom. The zero-order valence-electron chi connectivity index (χ0n) is 13.9. The normalized spacial score (nSPS) is 22.8. The van der Waals surface area contributed by atoms with Crippen LogP contribution in [0.3, 0.4) is 0 Å². The molecule has 0 bridgehead atoms. The van der Waals surface area contributed by atoms with Crippen molar-refractivity contribution >= 4 is 5.95 Å². The summed E-state index contributed by atoms with van der Waals surface area (Å²) < 4.78 is 7.76. The van der Waals surface area contributed by atoms with Gasteiger partial charge in [0.1, 0.15) is 0 Å². The van der Waals surface area contributed by atoms with Crippen LogP contribution >= 0.6 is 0 Å². The number of aromatic nitrogens is 2. The molecule has 120 valence electrons. The largest absolute Gasteiger partial charge is 0.382 e. The number of hydrogen-bond donors (Lipinski definition) is 1. The number of anilines is 1. The van der Waals surface area contributed by atoms with E-state index in [1.807, 2.05) is 6.92 Å². The van der Waals surface area contributed by atoms with E-state index in [-0.39, 0.29) is 0 Å². The molecule has 1 aliphatic heterocycles. The smallest absolute Gasteiger partial charge is 0.205 e. The molecule has 5 heteroatoms. The zero-order valence-corrected chi connectivity index (χ0v) is 13.9. The van der Waals surface area contributed by atoms with Crippen LogP contribution in [0.2, 0.25) is 0 Å². The van der Waals surface area contributed by atoms with Gasteiger partial charge in [0.15, 0.2) is 0 Å². The van der Waals surface area contributed by atoms with E-state index in [2.05, 4.69) is 41.8 Å². The van der Waals surface area contributed by atoms with Gasteiger partial charge in [-0.15, -0.1) is 0 Å². The topological polar surface area (TPSA) is 42.3 Å². The Labute approximate surface area is 128 Å². The van der Waals surface area contributed by atoms with Crippen LogP contribution in [0, 0.1) is 0 Å². The number of ether oxygens (including phenoxy) is 1. The molecular weight excluding hydrogens is 264 g/mol. The highest BCUT2D eigenvalue weighted by Gasteiger charge is 2.24. The summed E-state index contributed by atoms with van der Waals surface area (Å²) >= 11 is 0. The Morgan fingerprint density at radius 2 is 2.00 bits per heavy atom. The lowest BCUT2D eigenvalue weighted by molar-refractivity contribution is 0.141. The summed E-state index contributed by atoms with van der Waals surface area (Å²) in [5.41, 5.74) is 1.18. The van der Waals surface area contributed by atoms with Crippen molar-refractivity contribution in [2.24, 2.45) is 0 Å². The quantitative estimate of drug-likeness (QED) is 0.782. The predicted octanol–water partition coefficient (Wildman–Crippen LogP) is 2.06. The predicted molar refractivity (Wildman–Crippen MR) is 87.0 cm³/mol. The maximum Gasteiger partial charge on any atom is 0.205 e. The second-order valence-electron chi connectivity index (χ2n) is 6.00. The maximum absolute atomic E-state index is 5.45. The highest BCUT2D eigenvalue weighted by atomic mass is 16.5. The van der Waals surface area contributed by atoms with Crippen molar-refractivity contribution in [1.82, 2.24) is 14.9 Å². The van der Waals surface area contributed by atoms with Gasteiger partial charge in [0.05, 0.1) is 5.69 Å². The number of nitrogens with one attached hydrogen (secondary N) is 1. The third-order valence-corrected chi connectivity index (χ3v) is 3.90. The number of rotatable bonds is 7. The third kappa shape index (κ3) is 4.45. The number of piperazine rings is 1. The molecular formula is C16H30N4O. The minimum atomic E-state index is 0.507. The first kappa shape index (κ1) is 16.3. The lowest BCUT2D eigenvalue weighted by Crippen LogP contribution is -2.55. The molecule has 2 heterocycles. The van der Waals surface area contributed by atoms with Crippen LogP contribution in [0.1, 0.15) is 39.8 Å². The molecule has 21 heavy (non-hydrogen) atoms. The van der Waals surface area contributed by atoms with Gasteiger partial charge in [-0.1, -0.05) is 6.92 Å². The van der Waals surface area contributed by atoms with Gasteiger partial charge >= 0.3 is 0 Å². The Kier molecular flexibility index (Phi) is 6.06. The van der Waals surface area contributed by atoms with Crippen LogP contribution in [0.5, 0.6) is 0 Å². The fourth-order valence-electron chi connectivity index (χ4n) is 3.02. The number of hydrogen-bond acceptors (Lipinski definition) is 4. The van der Waals surface area contributed by atoms with Gasteiger partial charge in [0.2, 0.25) is 5.95 Å². The van der Waals surface area contributed by atoms with E-state index >= 15 is 0 Å². The molecule has 0 aliphatic carbocycles. The van der Waals surface area contributed by atoms with Gasteiger partial charge in [0, 0.05) is 51.1 Å². The Bertz CT molecular complexity index is 422. The molecule has 2 atom stereocenters. The maximum atomic E-state index is 5.45. The fourth-order valence-corrected chi connectivity index (χ4v) is 3.02. The van der Waals surface area contributed by atoms with Crippen LogP contribution in [-0.2, 0) is 17.7 Å². The number of aryl methyl sites for hydroxylation is 2. The third-order valence-electron chi connectivity index (χ3n) is 3.90. The SMILES string of the molecule is CCOCCCn1cc(CC)nc1N1CC(C)NC(C)C1. The van der Waals surface area contributed by atoms with Crippen molar-refractivity contribution in [2.45, 2.75) is 59.2 Å². The summed E-state index contributed by atoms with van der Waals surface area (Å²) in [6, 6.07) is 1.01. The molecule has 2 rings (SSSR count). The average molecular weight is 294 g/mol. The summed E-state index contributed by atoms with van der Waals surface area (Å²) in [4.78, 5) is 7.26. The first-order valence-electron chi connectivity index (χ1n) is 8.28. The molecule has 1 aromatic rings. The van der Waals surface area contributed by atoms with Crippen molar-refractivity contribution in [3.8, 4) is 0 Å². The molecule has 0 spiro atoms. The van der Waals surface area contributed by atoms with E-state index in [0.29, 0.717) is 12.1 Å². The van der Waals surface area contributed by atoms with Crippen LogP contribution < -0.4 is 10.2 Å². The van der Waals surface area contributed by atoms with Gasteiger partial charge in [-0.3, -0.25) is 0 Å². The van der Waals surface area contributed by atoms with E-state index in [4.69, 9.17) is 9.72 Å². The summed E-state index contributed by atoms with van der Waals surface area (Å²) in [7, 11) is 0. The summed E-state index contributed by atoms with van der Waals surface area (Å²) in [6.07, 6.45) is 4.23. The van der Waals surface area contributed by atoms with Crippen LogP contribution in [0.4, 0.5) is 5.95 Å². The Balaban J connectivity index is 2.07. The standard InChI is InChI=1S/C16H30N4O/c1-5-15-12-19(8-7-9-21-6-2)16(18-15)20-10-13(3)17-14(4)11-20/h12-14,17H,5-11H2,1-4H3. The van der Waals surface area contributed by atoms with E-state index in [1.54, 1.807) is 0 Å². The number of nitrogens with zero attached hydrogens (tertiary/aromatic N) is 3. The Hall–Kier alpha value is -1.07. The zero-order chi connectivity index (χ0) is 15.2. The van der Waals surface area contributed by atoms with Gasteiger partial charge in [-0.2, -0.15) is 0 Å². The van der Waals surface area contributed by atoms with E-state index in [9.17, 15) is 0 Å². The van der Waals surface area contributed by atoms with Gasteiger partial charge < -0.3 is 19.5 Å². The Morgan fingerprint density at radius 3 is 2.62 bits per heavy atom. The van der Waals surface area contributed by atoms with Crippen molar-refractivity contribution in [2.75, 3.05) is 31.2 Å². The second kappa shape index (κ2) is 7.80. The first-order valence-corrected chi connectivity index (χ1v) is 8.28. The summed E-state index contributed by atoms with van der Waals surface area (Å²) in [5.74, 6) is 1.13. The number of imidazole rings is 1. The van der Waals surface area contributed by atoms with Crippen molar-refractivity contribution in [3.63, 3.8) is 0 Å². The van der Waals surface area contributed by atoms with E-state index in [1.165, 1.54) is 5.69 Å². The minimum absolute atomic E-state index is 0.507. The molecule has 1 N–H and O–H groups in total. The van der Waals surface area contributed by atoms with Gasteiger partial charge in [0.25, 0.3) is 0 Å². The first-order chi connectivity index (χ1) is 10.1. The molecule has 2 unspecified atom stereocenters. The van der Waals surface area contributed by atoms with E-state index < -0.39 is 0 Å². The lowest BCUT2D eigenvalue weighted by atomic mass is 10.1. The van der Waals surface area contributed by atoms with Crippen LogP contribution in [0.25, 0.3) is 0 Å². The molecule has 0 radical (unpaired) electrons. The molecule has 0 amide bonds. The molecule has 0 saturated carbocycles. The molecule has 5 nitrogen and oxygen atoms in total. The van der Waals surface area contributed by atoms with Crippen molar-refractivity contribution in [3.05, 3.63) is 11.9 Å². The monoisotopic (exact) mass is 294 g/mol. The summed E-state index contributed by atoms with van der Waals surface area (Å²) in [6.45, 7) is 13.3. The molecule has 1 aromatic heterocycles. The molecule has 1 aliphatic rings. The summed E-state index contributed by atoms with van der Waals surface area (Å²) in [5, 5.41) is 3.58. The van der Waals surface area contributed by atoms with E-state index in [0.717, 1.165) is 51.6 Å². The highest BCUT2D eigenvalue weighted by molar-refractivity contribution is 5.35. The van der Waals surface area contributed by atoms with Gasteiger partial charge in [-0.05, 0) is 33.6 Å². The van der Waals surface area contributed by atoms with Crippen molar-refractivity contribution in [1.29, 1.82) is 0 Å². The minimum Gasteiger partial charge on any atom is -0.382 e. The van der Waals surface area contributed by atoms with Crippen LogP contribution in [0.15, 0.2) is 6.20 Å². The lowest BCUT2D eigenvalue weighted by Gasteiger charge is -2.37. The van der Waals surface area contributed by atoms with Gasteiger partial charge in [-0.25, -0.2) is 4.98 Å².